The highest BCUT2D eigenvalue weighted by molar-refractivity contribution is 5.38. The zero-order chi connectivity index (χ0) is 14.5. The minimum absolute atomic E-state index is 0.237. The third-order valence-electron chi connectivity index (χ3n) is 3.69. The normalized spacial score (nSPS) is 21.9. The van der Waals surface area contributed by atoms with Gasteiger partial charge in [0.2, 0.25) is 0 Å². The highest BCUT2D eigenvalue weighted by Gasteiger charge is 2.27. The summed E-state index contributed by atoms with van der Waals surface area (Å²) in [5.41, 5.74) is 6.79. The molecule has 0 bridgehead atoms. The number of hydrogen-bond acceptors (Lipinski definition) is 3. The van der Waals surface area contributed by atoms with Crippen molar-refractivity contribution in [2.24, 2.45) is 5.73 Å². The Morgan fingerprint density at radius 3 is 2.95 bits per heavy atom. The fraction of sp³-hybridized carbons (Fsp3) is 0.500. The summed E-state index contributed by atoms with van der Waals surface area (Å²) in [4.78, 5) is 2.26. The predicted octanol–water partition coefficient (Wildman–Crippen LogP) is 1.75. The van der Waals surface area contributed by atoms with Crippen LogP contribution in [0, 0.1) is 17.7 Å². The molecule has 1 aliphatic heterocycles. The molecule has 0 amide bonds. The van der Waals surface area contributed by atoms with Gasteiger partial charge < -0.3 is 10.5 Å². The third kappa shape index (κ3) is 3.57. The van der Waals surface area contributed by atoms with Gasteiger partial charge in [0.15, 0.2) is 0 Å². The van der Waals surface area contributed by atoms with Crippen molar-refractivity contribution in [3.05, 3.63) is 35.1 Å². The molecule has 1 saturated heterocycles. The lowest BCUT2D eigenvalue weighted by molar-refractivity contribution is 0.0814. The molecule has 2 N–H and O–H groups in total. The van der Waals surface area contributed by atoms with Gasteiger partial charge in [-0.3, -0.25) is 4.90 Å². The van der Waals surface area contributed by atoms with Crippen LogP contribution in [0.2, 0.25) is 0 Å². The second kappa shape index (κ2) is 6.85. The molecule has 4 heteroatoms. The Morgan fingerprint density at radius 1 is 1.50 bits per heavy atom. The van der Waals surface area contributed by atoms with Gasteiger partial charge in [0.05, 0.1) is 18.2 Å². The first kappa shape index (κ1) is 15.0. The van der Waals surface area contributed by atoms with E-state index in [2.05, 4.69) is 30.7 Å². The highest BCUT2D eigenvalue weighted by atomic mass is 19.1. The van der Waals surface area contributed by atoms with Gasteiger partial charge in [-0.2, -0.15) is 0 Å². The van der Waals surface area contributed by atoms with Crippen molar-refractivity contribution in [2.75, 3.05) is 20.2 Å². The molecule has 2 atom stereocenters. The zero-order valence-electron chi connectivity index (χ0n) is 12.0. The van der Waals surface area contributed by atoms with E-state index in [1.165, 1.54) is 6.07 Å². The summed E-state index contributed by atoms with van der Waals surface area (Å²) in [5, 5.41) is 0. The second-order valence-corrected chi connectivity index (χ2v) is 5.17. The first-order chi connectivity index (χ1) is 9.61. The van der Waals surface area contributed by atoms with Crippen molar-refractivity contribution in [1.29, 1.82) is 0 Å². The summed E-state index contributed by atoms with van der Waals surface area (Å²) in [5.74, 6) is 5.17. The summed E-state index contributed by atoms with van der Waals surface area (Å²) < 4.78 is 19.2. The fourth-order valence-corrected chi connectivity index (χ4v) is 2.62. The molecular weight excluding hydrogens is 255 g/mol. The van der Waals surface area contributed by atoms with E-state index in [9.17, 15) is 4.39 Å². The van der Waals surface area contributed by atoms with E-state index in [0.717, 1.165) is 25.1 Å². The first-order valence-electron chi connectivity index (χ1n) is 6.91. The highest BCUT2D eigenvalue weighted by Crippen LogP contribution is 2.20. The molecule has 20 heavy (non-hydrogen) atoms. The van der Waals surface area contributed by atoms with Crippen molar-refractivity contribution in [3.8, 4) is 11.8 Å². The van der Waals surface area contributed by atoms with Crippen LogP contribution < -0.4 is 5.73 Å². The lowest BCUT2D eigenvalue weighted by Crippen LogP contribution is -2.36. The smallest absolute Gasteiger partial charge is 0.138 e. The maximum atomic E-state index is 13.6. The van der Waals surface area contributed by atoms with Crippen LogP contribution >= 0.6 is 0 Å². The molecule has 2 rings (SSSR count). The molecule has 0 saturated carbocycles. The number of hydrogen-bond donors (Lipinski definition) is 1. The van der Waals surface area contributed by atoms with Gasteiger partial charge in [-0.15, -0.1) is 0 Å². The zero-order valence-corrected chi connectivity index (χ0v) is 12.0. The SMILES string of the molecule is CC1OCCC1N(C)Cc1ccc(F)c(C#CCN)c1. The van der Waals surface area contributed by atoms with Crippen LogP contribution in [0.5, 0.6) is 0 Å². The second-order valence-electron chi connectivity index (χ2n) is 5.17. The van der Waals surface area contributed by atoms with Gasteiger partial charge in [0, 0.05) is 19.2 Å². The number of ether oxygens (including phenoxy) is 1. The van der Waals surface area contributed by atoms with Gasteiger partial charge >= 0.3 is 0 Å². The maximum Gasteiger partial charge on any atom is 0.138 e. The maximum absolute atomic E-state index is 13.6. The van der Waals surface area contributed by atoms with E-state index in [4.69, 9.17) is 10.5 Å². The molecule has 1 heterocycles. The van der Waals surface area contributed by atoms with Crippen molar-refractivity contribution in [2.45, 2.75) is 32.0 Å². The summed E-state index contributed by atoms with van der Waals surface area (Å²) in [6, 6.07) is 5.49. The summed E-state index contributed by atoms with van der Waals surface area (Å²) in [6.45, 7) is 3.90. The number of likely N-dealkylation sites (N-methyl/N-ethyl adjacent to an activating group) is 1. The van der Waals surface area contributed by atoms with Crippen LogP contribution in [0.3, 0.4) is 0 Å². The lowest BCUT2D eigenvalue weighted by atomic mass is 10.1. The van der Waals surface area contributed by atoms with E-state index in [1.807, 2.05) is 0 Å². The van der Waals surface area contributed by atoms with Gasteiger partial charge in [-0.05, 0) is 38.1 Å². The van der Waals surface area contributed by atoms with E-state index in [-0.39, 0.29) is 18.5 Å². The lowest BCUT2D eigenvalue weighted by Gasteiger charge is -2.26. The molecule has 1 aliphatic rings. The van der Waals surface area contributed by atoms with Gasteiger partial charge in [0.1, 0.15) is 5.82 Å². The number of halogens is 1. The Labute approximate surface area is 119 Å². The van der Waals surface area contributed by atoms with Crippen LogP contribution in [0.15, 0.2) is 18.2 Å². The van der Waals surface area contributed by atoms with Crippen molar-refractivity contribution < 1.29 is 9.13 Å². The Kier molecular flexibility index (Phi) is 5.13. The molecule has 2 unspecified atom stereocenters. The fourth-order valence-electron chi connectivity index (χ4n) is 2.62. The molecule has 0 aliphatic carbocycles. The molecule has 3 nitrogen and oxygen atoms in total. The summed E-state index contributed by atoms with van der Waals surface area (Å²) in [7, 11) is 2.07. The Hall–Kier alpha value is -1.41. The number of benzene rings is 1. The van der Waals surface area contributed by atoms with Gasteiger partial charge in [-0.25, -0.2) is 4.39 Å². The molecule has 108 valence electrons. The van der Waals surface area contributed by atoms with Crippen molar-refractivity contribution in [1.82, 2.24) is 4.90 Å². The average Bonchev–Trinajstić information content (AvgIpc) is 2.85. The molecule has 0 radical (unpaired) electrons. The summed E-state index contributed by atoms with van der Waals surface area (Å²) >= 11 is 0. The van der Waals surface area contributed by atoms with Gasteiger partial charge in [0.25, 0.3) is 0 Å². The minimum Gasteiger partial charge on any atom is -0.377 e. The van der Waals surface area contributed by atoms with E-state index >= 15 is 0 Å². The molecule has 1 aromatic carbocycles. The number of nitrogens with two attached hydrogens (primary N) is 1. The third-order valence-corrected chi connectivity index (χ3v) is 3.69. The van der Waals surface area contributed by atoms with Crippen LogP contribution in [0.25, 0.3) is 0 Å². The minimum atomic E-state index is -0.296. The van der Waals surface area contributed by atoms with Crippen LogP contribution in [-0.2, 0) is 11.3 Å². The molecule has 1 fully saturated rings. The van der Waals surface area contributed by atoms with Crippen molar-refractivity contribution >= 4 is 0 Å². The van der Waals surface area contributed by atoms with Crippen LogP contribution in [-0.4, -0.2) is 37.2 Å². The van der Waals surface area contributed by atoms with Gasteiger partial charge in [-0.1, -0.05) is 17.9 Å². The van der Waals surface area contributed by atoms with E-state index in [0.29, 0.717) is 11.6 Å². The number of rotatable bonds is 3. The quantitative estimate of drug-likeness (QED) is 0.855. The topological polar surface area (TPSA) is 38.5 Å². The predicted molar refractivity (Wildman–Crippen MR) is 77.6 cm³/mol. The standard InChI is InChI=1S/C16H21FN2O/c1-12-16(7-9-20-12)19(2)11-13-5-6-15(17)14(10-13)4-3-8-18/h5-6,10,12,16H,7-9,11,18H2,1-2H3. The largest absolute Gasteiger partial charge is 0.377 e. The molecule has 1 aromatic rings. The van der Waals surface area contributed by atoms with Crippen LogP contribution in [0.1, 0.15) is 24.5 Å². The first-order valence-corrected chi connectivity index (χ1v) is 6.91. The van der Waals surface area contributed by atoms with Crippen molar-refractivity contribution in [3.63, 3.8) is 0 Å². The summed E-state index contributed by atoms with van der Waals surface area (Å²) in [6.07, 6.45) is 1.29. The average molecular weight is 276 g/mol. The number of nitrogens with zero attached hydrogens (tertiary/aromatic N) is 1. The molecule has 0 spiro atoms. The van der Waals surface area contributed by atoms with Crippen LogP contribution in [0.4, 0.5) is 4.39 Å². The molecular formula is C16H21FN2O. The van der Waals surface area contributed by atoms with E-state index in [1.54, 1.807) is 12.1 Å². The monoisotopic (exact) mass is 276 g/mol. The molecule has 0 aromatic heterocycles. The Morgan fingerprint density at radius 2 is 2.30 bits per heavy atom. The Bertz CT molecular complexity index is 521. The Balaban J connectivity index is 2.09. The van der Waals surface area contributed by atoms with E-state index < -0.39 is 0 Å².